The van der Waals surface area contributed by atoms with Crippen LogP contribution in [0.3, 0.4) is 0 Å². The monoisotopic (exact) mass is 623 g/mol. The van der Waals surface area contributed by atoms with E-state index in [9.17, 15) is 0 Å². The summed E-state index contributed by atoms with van der Waals surface area (Å²) in [5, 5.41) is 33.8. The Morgan fingerprint density at radius 1 is 0.262 bits per heavy atom. The van der Waals surface area contributed by atoms with E-state index in [1.165, 1.54) is 103 Å². The molecule has 5 heterocycles. The van der Waals surface area contributed by atoms with Gasteiger partial charge < -0.3 is 1.43 Å². The van der Waals surface area contributed by atoms with Crippen molar-refractivity contribution in [2.75, 3.05) is 0 Å². The fourth-order valence-corrected chi connectivity index (χ4v) is 12.0. The molecule has 42 heavy (non-hydrogen) atoms. The Kier molecular flexibility index (Phi) is 9.81. The summed E-state index contributed by atoms with van der Waals surface area (Å²) in [6, 6.07) is 0. The largest absolute Gasteiger partial charge is 1.00 e. The van der Waals surface area contributed by atoms with Crippen molar-refractivity contribution in [3.05, 3.63) is 0 Å². The van der Waals surface area contributed by atoms with Gasteiger partial charge in [0.25, 0.3) is 0 Å². The summed E-state index contributed by atoms with van der Waals surface area (Å²) in [4.78, 5) is 0. The molecule has 4 saturated carbocycles. The van der Waals surface area contributed by atoms with Gasteiger partial charge in [-0.15, -0.1) is 0 Å². The van der Waals surface area contributed by atoms with E-state index in [1.54, 1.807) is 0 Å². The van der Waals surface area contributed by atoms with Crippen LogP contribution in [0.15, 0.2) is 0 Å². The third-order valence-corrected chi connectivity index (χ3v) is 13.8. The molecular formula is C32H57CuLiN8. The van der Waals surface area contributed by atoms with Crippen LogP contribution in [0.2, 0.25) is 0 Å². The summed E-state index contributed by atoms with van der Waals surface area (Å²) in [5.41, 5.74) is 0. The van der Waals surface area contributed by atoms with Crippen molar-refractivity contribution in [3.63, 3.8) is 0 Å². The minimum atomic E-state index is 0. The molecule has 8 N–H and O–H groups in total. The molecule has 5 aliphatic heterocycles. The molecule has 5 saturated heterocycles. The van der Waals surface area contributed by atoms with Crippen molar-refractivity contribution < 1.29 is 37.4 Å². The van der Waals surface area contributed by atoms with Gasteiger partial charge in [0.1, 0.15) is 0 Å². The zero-order valence-electron chi connectivity index (χ0n) is 26.9. The first kappa shape index (κ1) is 31.4. The van der Waals surface area contributed by atoms with Crippen molar-refractivity contribution in [3.8, 4) is 0 Å². The van der Waals surface area contributed by atoms with Crippen molar-refractivity contribution in [1.82, 2.24) is 42.5 Å². The fourth-order valence-electron chi connectivity index (χ4n) is 12.0. The maximum atomic E-state index is 4.26. The Balaban J connectivity index is 0.00000110. The molecule has 237 valence electrons. The SMILES string of the molecule is C1CCC2C3NC(NC4NC(NC5NC(NC6NC(N3)C3CCCCC63)C3CCCCC53)C3CCCCC43)C2C1.[Cu].[H-].[Li+]. The number of hydrogen-bond acceptors (Lipinski definition) is 8. The summed E-state index contributed by atoms with van der Waals surface area (Å²) in [7, 11) is 0. The van der Waals surface area contributed by atoms with Crippen LogP contribution in [0, 0.1) is 47.3 Å². The molecule has 0 spiro atoms. The molecule has 4 aliphatic carbocycles. The Bertz CT molecular complexity index is 730. The van der Waals surface area contributed by atoms with Crippen LogP contribution in [-0.2, 0) is 17.1 Å². The maximum Gasteiger partial charge on any atom is 1.00 e. The van der Waals surface area contributed by atoms with Gasteiger partial charge in [-0.05, 0) is 98.7 Å². The van der Waals surface area contributed by atoms with Gasteiger partial charge in [0.2, 0.25) is 0 Å². The van der Waals surface area contributed by atoms with Gasteiger partial charge in [-0.3, -0.25) is 42.5 Å². The molecule has 0 amide bonds. The Labute approximate surface area is 278 Å². The number of rotatable bonds is 0. The molecule has 8 nitrogen and oxygen atoms in total. The first-order valence-electron chi connectivity index (χ1n) is 17.9. The van der Waals surface area contributed by atoms with E-state index >= 15 is 0 Å². The predicted octanol–water partition coefficient (Wildman–Crippen LogP) is -0.280. The number of nitrogens with one attached hydrogen (secondary N) is 8. The first-order valence-corrected chi connectivity index (χ1v) is 17.9. The zero-order chi connectivity index (χ0) is 26.2. The van der Waals surface area contributed by atoms with Crippen LogP contribution in [-0.4, -0.2) is 49.3 Å². The minimum Gasteiger partial charge on any atom is -1.00 e. The topological polar surface area (TPSA) is 96.2 Å². The second-order valence-electron chi connectivity index (χ2n) is 15.6. The fraction of sp³-hybridized carbons (Fsp3) is 1.00. The number of fused-ring (bicyclic) bond motifs is 20. The van der Waals surface area contributed by atoms with Crippen molar-refractivity contribution in [2.24, 2.45) is 47.3 Å². The molecule has 0 aromatic heterocycles. The van der Waals surface area contributed by atoms with E-state index in [0.29, 0.717) is 49.3 Å². The molecule has 8 bridgehead atoms. The Morgan fingerprint density at radius 2 is 0.381 bits per heavy atom. The second-order valence-corrected chi connectivity index (χ2v) is 15.6. The molecule has 0 aromatic rings. The Morgan fingerprint density at radius 3 is 0.500 bits per heavy atom. The van der Waals surface area contributed by atoms with Crippen LogP contribution in [0.1, 0.15) is 104 Å². The van der Waals surface area contributed by atoms with Crippen molar-refractivity contribution in [1.29, 1.82) is 0 Å². The molecule has 9 fully saturated rings. The summed E-state index contributed by atoms with van der Waals surface area (Å²) >= 11 is 0. The molecule has 10 heteroatoms. The van der Waals surface area contributed by atoms with Gasteiger partial charge in [-0.25, -0.2) is 0 Å². The minimum absolute atomic E-state index is 0. The average Bonchev–Trinajstić information content (AvgIpc) is 3.73. The zero-order valence-corrected chi connectivity index (χ0v) is 26.8. The van der Waals surface area contributed by atoms with Gasteiger partial charge in [0, 0.05) is 17.1 Å². The molecular weight excluding hydrogens is 567 g/mol. The van der Waals surface area contributed by atoms with Gasteiger partial charge in [-0.2, -0.15) is 0 Å². The van der Waals surface area contributed by atoms with Gasteiger partial charge in [-0.1, -0.05) is 51.4 Å². The molecule has 8 unspecified atom stereocenters. The van der Waals surface area contributed by atoms with E-state index in [-0.39, 0.29) is 37.4 Å². The van der Waals surface area contributed by atoms with E-state index in [1.807, 2.05) is 0 Å². The van der Waals surface area contributed by atoms with Gasteiger partial charge in [0.05, 0.1) is 49.3 Å². The summed E-state index contributed by atoms with van der Waals surface area (Å²) in [6.45, 7) is 0. The van der Waals surface area contributed by atoms with E-state index in [2.05, 4.69) is 42.5 Å². The molecule has 9 rings (SSSR count). The Hall–Kier alpha value is 0.797. The molecule has 8 atom stereocenters. The van der Waals surface area contributed by atoms with Gasteiger partial charge in [0.15, 0.2) is 0 Å². The summed E-state index contributed by atoms with van der Waals surface area (Å²) in [5.74, 6) is 5.97. The van der Waals surface area contributed by atoms with Crippen LogP contribution in [0.4, 0.5) is 0 Å². The first-order chi connectivity index (χ1) is 19.8. The van der Waals surface area contributed by atoms with Crippen LogP contribution >= 0.6 is 0 Å². The molecule has 0 aromatic carbocycles. The van der Waals surface area contributed by atoms with E-state index < -0.39 is 0 Å². The van der Waals surface area contributed by atoms with E-state index in [0.717, 1.165) is 47.3 Å². The third kappa shape index (κ3) is 5.46. The summed E-state index contributed by atoms with van der Waals surface area (Å²) in [6.07, 6.45) is 25.6. The average molecular weight is 624 g/mol. The van der Waals surface area contributed by atoms with Gasteiger partial charge >= 0.3 is 18.9 Å². The van der Waals surface area contributed by atoms with E-state index in [4.69, 9.17) is 0 Å². The second kappa shape index (κ2) is 13.1. The van der Waals surface area contributed by atoms with Crippen molar-refractivity contribution >= 4 is 0 Å². The number of hydrogen-bond donors (Lipinski definition) is 8. The normalized spacial score (nSPS) is 54.9. The van der Waals surface area contributed by atoms with Crippen molar-refractivity contribution in [2.45, 2.75) is 152 Å². The summed E-state index contributed by atoms with van der Waals surface area (Å²) < 4.78 is 0. The molecule has 1 radical (unpaired) electrons. The smallest absolute Gasteiger partial charge is 1.00 e. The third-order valence-electron chi connectivity index (χ3n) is 13.8. The predicted molar refractivity (Wildman–Crippen MR) is 158 cm³/mol. The van der Waals surface area contributed by atoms with Crippen LogP contribution in [0.5, 0.6) is 0 Å². The molecule has 9 aliphatic rings. The van der Waals surface area contributed by atoms with Crippen LogP contribution in [0.25, 0.3) is 0 Å². The van der Waals surface area contributed by atoms with Crippen LogP contribution < -0.4 is 61.4 Å². The quantitative estimate of drug-likeness (QED) is 0.175. The standard InChI is InChI=1S/C32H56N8.Cu.Li.H/c1-2-10-18-17(9-1)25-33-26(18)38-28-21-13-5-6-14-22(21)30(35-28)40-32-24-16-8-7-15-23(24)31(36-32)39-29-20-12-4-3-11-19(20)27(34-29)37-25;;;/h17-40H,1-16H2;;;/q;;+1;-1. The maximum absolute atomic E-state index is 4.26.